The smallest absolute Gasteiger partial charge is 0.423 e. The highest BCUT2D eigenvalue weighted by molar-refractivity contribution is 14.1. The van der Waals surface area contributed by atoms with Crippen molar-refractivity contribution < 1.29 is 14.8 Å². The standard InChI is InChI=1S/C22H19BN2O2.2C18H15P.C12H14IN3O/c26-23(27)21-16-24-25(17-21)22(18-10-4-1-5-11-18,19-12-6-2-7-13-19)20-14-8-3-9-15-20;2*1-4-10-16(11-5-1)19(17-12-6-2-7-13-17)18-14-8-3-9-15-18;1-15-8-11(13)10-6-9(7-14-12(10)15)16-2-4-17-5-3-16/h1-17,26-27H;2*1-15H;6-8H,2-5H2,1H3. The molecule has 3 aromatic heterocycles. The number of ether oxygens (including phenoxy) is 1. The van der Waals surface area contributed by atoms with Gasteiger partial charge in [0.1, 0.15) is 11.2 Å². The summed E-state index contributed by atoms with van der Waals surface area (Å²) < 4.78 is 10.5. The molecule has 0 bridgehead atoms. The van der Waals surface area contributed by atoms with Crippen LogP contribution >= 0.6 is 38.4 Å². The molecule has 0 aliphatic carbocycles. The number of hydrogen-bond acceptors (Lipinski definition) is 6. The average molecular weight is 1220 g/mol. The highest BCUT2D eigenvalue weighted by Crippen LogP contribution is 2.40. The monoisotopic (exact) mass is 1220 g/mol. The molecular formula is C70H63BIN5O3P2. The molecule has 8 nitrogen and oxygen atoms in total. The van der Waals surface area contributed by atoms with Crippen LogP contribution in [0.3, 0.4) is 0 Å². The molecule has 9 aromatic carbocycles. The normalized spacial score (nSPS) is 12.1. The summed E-state index contributed by atoms with van der Waals surface area (Å²) in [4.78, 5) is 6.88. The van der Waals surface area contributed by atoms with Crippen molar-refractivity contribution >= 4 is 99.6 Å². The molecular weight excluding hydrogens is 1160 g/mol. The van der Waals surface area contributed by atoms with Gasteiger partial charge in [0, 0.05) is 53.1 Å². The number of anilines is 1. The Balaban J connectivity index is 0.000000124. The van der Waals surface area contributed by atoms with Crippen LogP contribution in [-0.2, 0) is 17.3 Å². The van der Waals surface area contributed by atoms with E-state index < -0.39 is 28.5 Å². The lowest BCUT2D eigenvalue weighted by Crippen LogP contribution is -2.39. The summed E-state index contributed by atoms with van der Waals surface area (Å²) in [5.74, 6) is 0. The van der Waals surface area contributed by atoms with Crippen LogP contribution < -0.4 is 42.2 Å². The molecule has 2 N–H and O–H groups in total. The van der Waals surface area contributed by atoms with Crippen molar-refractivity contribution in [2.75, 3.05) is 31.2 Å². The van der Waals surface area contributed by atoms with Crippen molar-refractivity contribution in [1.29, 1.82) is 0 Å². The van der Waals surface area contributed by atoms with Gasteiger partial charge in [0.15, 0.2) is 0 Å². The predicted octanol–water partition coefficient (Wildman–Crippen LogP) is 11.3. The van der Waals surface area contributed by atoms with Crippen LogP contribution in [0.25, 0.3) is 11.0 Å². The van der Waals surface area contributed by atoms with Crippen LogP contribution in [0.5, 0.6) is 0 Å². The van der Waals surface area contributed by atoms with Gasteiger partial charge in [0.25, 0.3) is 0 Å². The number of benzene rings is 9. The van der Waals surface area contributed by atoms with Gasteiger partial charge in [-0.3, -0.25) is 4.68 Å². The van der Waals surface area contributed by atoms with Crippen LogP contribution in [0, 0.1) is 3.57 Å². The Morgan fingerprint density at radius 3 is 1.11 bits per heavy atom. The number of aryl methyl sites for hydroxylation is 1. The number of nitrogens with zero attached hydrogens (tertiary/aromatic N) is 5. The van der Waals surface area contributed by atoms with Gasteiger partial charge in [-0.05, 0) is 93.0 Å². The van der Waals surface area contributed by atoms with E-state index in [1.807, 2.05) is 72.5 Å². The topological polar surface area (TPSA) is 88.6 Å². The summed E-state index contributed by atoms with van der Waals surface area (Å²) in [5, 5.41) is 33.4. The van der Waals surface area contributed by atoms with E-state index in [4.69, 9.17) is 4.74 Å². The van der Waals surface area contributed by atoms with Crippen LogP contribution in [-0.4, -0.2) is 62.8 Å². The number of hydrogen-bond donors (Lipinski definition) is 2. The fourth-order valence-corrected chi connectivity index (χ4v) is 15.6. The van der Waals surface area contributed by atoms with Crippen LogP contribution in [0.15, 0.2) is 304 Å². The lowest BCUT2D eigenvalue weighted by molar-refractivity contribution is 0.122. The quantitative estimate of drug-likeness (QED) is 0.0548. The largest absolute Gasteiger partial charge is 0.491 e. The molecule has 0 amide bonds. The molecule has 406 valence electrons. The Labute approximate surface area is 498 Å². The maximum absolute atomic E-state index is 9.62. The molecule has 0 spiro atoms. The number of morpholine rings is 1. The zero-order valence-corrected chi connectivity index (χ0v) is 49.5. The van der Waals surface area contributed by atoms with E-state index in [0.717, 1.165) is 48.6 Å². The second kappa shape index (κ2) is 28.8. The minimum absolute atomic E-state index is 0.349. The summed E-state index contributed by atoms with van der Waals surface area (Å²) in [7, 11) is -0.429. The molecule has 13 rings (SSSR count). The van der Waals surface area contributed by atoms with E-state index in [-0.39, 0.29) is 0 Å². The maximum atomic E-state index is 9.62. The zero-order chi connectivity index (χ0) is 56.4. The lowest BCUT2D eigenvalue weighted by Gasteiger charge is -2.36. The first-order chi connectivity index (χ1) is 40.4. The van der Waals surface area contributed by atoms with Crippen molar-refractivity contribution in [3.63, 3.8) is 0 Å². The number of fused-ring (bicyclic) bond motifs is 1. The fraction of sp³-hybridized carbons (Fsp3) is 0.0857. The van der Waals surface area contributed by atoms with Crippen molar-refractivity contribution in [1.82, 2.24) is 19.3 Å². The summed E-state index contributed by atoms with van der Waals surface area (Å²) >= 11 is 2.36. The summed E-state index contributed by atoms with van der Waals surface area (Å²) in [6.45, 7) is 3.53. The minimum Gasteiger partial charge on any atom is -0.423 e. The summed E-state index contributed by atoms with van der Waals surface area (Å²) in [6, 6.07) is 97.2. The second-order valence-corrected chi connectivity index (χ2v) is 24.9. The molecule has 82 heavy (non-hydrogen) atoms. The Kier molecular flexibility index (Phi) is 20.2. The number of pyridine rings is 1. The lowest BCUT2D eigenvalue weighted by atomic mass is 9.76. The van der Waals surface area contributed by atoms with Crippen molar-refractivity contribution in [2.24, 2.45) is 7.05 Å². The van der Waals surface area contributed by atoms with E-state index in [1.54, 1.807) is 6.20 Å². The van der Waals surface area contributed by atoms with E-state index in [2.05, 4.69) is 273 Å². The molecule has 0 radical (unpaired) electrons. The van der Waals surface area contributed by atoms with Gasteiger partial charge >= 0.3 is 7.12 Å². The van der Waals surface area contributed by atoms with E-state index in [1.165, 1.54) is 52.7 Å². The van der Waals surface area contributed by atoms with Crippen molar-refractivity contribution in [3.8, 4) is 0 Å². The first kappa shape index (κ1) is 57.4. The molecule has 12 heteroatoms. The molecule has 1 fully saturated rings. The van der Waals surface area contributed by atoms with Gasteiger partial charge in [-0.15, -0.1) is 0 Å². The van der Waals surface area contributed by atoms with Crippen molar-refractivity contribution in [3.05, 3.63) is 324 Å². The predicted molar refractivity (Wildman–Crippen MR) is 353 cm³/mol. The molecule has 1 aliphatic rings. The third-order valence-electron chi connectivity index (χ3n) is 14.0. The van der Waals surface area contributed by atoms with Gasteiger partial charge in [0.05, 0.1) is 25.1 Å². The summed E-state index contributed by atoms with van der Waals surface area (Å²) in [6.07, 6.45) is 7.26. The van der Waals surface area contributed by atoms with Gasteiger partial charge in [0.2, 0.25) is 0 Å². The SMILES string of the molecule is Cn1cc(I)c2cc(N3CCOCC3)cnc21.OB(O)c1cnn(C(c2ccccc2)(c2ccccc2)c2ccccc2)c1.c1ccc(P(c2ccccc2)c2ccccc2)cc1.c1ccc(P(c2ccccc2)c2ccccc2)cc1. The van der Waals surface area contributed by atoms with Gasteiger partial charge < -0.3 is 24.3 Å². The Morgan fingerprint density at radius 2 is 0.793 bits per heavy atom. The van der Waals surface area contributed by atoms with E-state index in [0.29, 0.717) is 5.46 Å². The Bertz CT molecular complexity index is 3390. The zero-order valence-electron chi connectivity index (χ0n) is 45.6. The first-order valence-electron chi connectivity index (χ1n) is 27.3. The molecule has 0 unspecified atom stereocenters. The molecule has 0 saturated carbocycles. The second-order valence-electron chi connectivity index (χ2n) is 19.3. The van der Waals surface area contributed by atoms with Crippen molar-refractivity contribution in [2.45, 2.75) is 5.54 Å². The average Bonchev–Trinajstić information content (AvgIpc) is 3.67. The maximum Gasteiger partial charge on any atom is 0.491 e. The Hall–Kier alpha value is -7.79. The number of aromatic nitrogens is 4. The van der Waals surface area contributed by atoms with Crippen LogP contribution in [0.1, 0.15) is 16.7 Å². The molecule has 4 heterocycles. The van der Waals surface area contributed by atoms with Gasteiger partial charge in [-0.2, -0.15) is 5.10 Å². The third-order valence-corrected chi connectivity index (χ3v) is 19.8. The highest BCUT2D eigenvalue weighted by atomic mass is 127. The number of halogens is 1. The van der Waals surface area contributed by atoms with Crippen LogP contribution in [0.4, 0.5) is 5.69 Å². The summed E-state index contributed by atoms with van der Waals surface area (Å²) in [5.41, 5.74) is 4.95. The van der Waals surface area contributed by atoms with Gasteiger partial charge in [-0.25, -0.2) is 4.98 Å². The third kappa shape index (κ3) is 13.9. The first-order valence-corrected chi connectivity index (χ1v) is 31.1. The molecule has 0 atom stereocenters. The Morgan fingerprint density at radius 1 is 0.463 bits per heavy atom. The number of rotatable bonds is 12. The van der Waals surface area contributed by atoms with Crippen LogP contribution in [0.2, 0.25) is 0 Å². The van der Waals surface area contributed by atoms with E-state index in [9.17, 15) is 10.0 Å². The molecule has 12 aromatic rings. The minimum atomic E-state index is -1.57. The molecule has 1 saturated heterocycles. The van der Waals surface area contributed by atoms with E-state index >= 15 is 0 Å². The molecule has 1 aliphatic heterocycles. The highest BCUT2D eigenvalue weighted by Gasteiger charge is 2.39. The fourth-order valence-electron chi connectivity index (χ4n) is 10.1. The van der Waals surface area contributed by atoms with Gasteiger partial charge in [-0.1, -0.05) is 273 Å².